The summed E-state index contributed by atoms with van der Waals surface area (Å²) in [7, 11) is 1.36. The Labute approximate surface area is 166 Å². The molecule has 148 valence electrons. The number of nitrogens with one attached hydrogen (secondary N) is 2. The quantitative estimate of drug-likeness (QED) is 0.737. The number of benzene rings is 2. The van der Waals surface area contributed by atoms with E-state index >= 15 is 0 Å². The highest BCUT2D eigenvalue weighted by molar-refractivity contribution is 5.90. The summed E-state index contributed by atoms with van der Waals surface area (Å²) in [5, 5.41) is 3.22. The van der Waals surface area contributed by atoms with Gasteiger partial charge in [-0.1, -0.05) is 30.3 Å². The molecule has 1 heterocycles. The third-order valence-corrected chi connectivity index (χ3v) is 5.14. The number of rotatable bonds is 6. The predicted molar refractivity (Wildman–Crippen MR) is 108 cm³/mol. The Balaban J connectivity index is 1.48. The van der Waals surface area contributed by atoms with Crippen molar-refractivity contribution in [3.8, 4) is 0 Å². The van der Waals surface area contributed by atoms with E-state index in [1.165, 1.54) is 17.6 Å². The van der Waals surface area contributed by atoms with Crippen LogP contribution in [0.25, 0.3) is 0 Å². The van der Waals surface area contributed by atoms with Crippen molar-refractivity contribution in [2.24, 2.45) is 0 Å². The topological polar surface area (TPSA) is 63.1 Å². The van der Waals surface area contributed by atoms with Crippen molar-refractivity contribution in [2.75, 3.05) is 38.6 Å². The lowest BCUT2D eigenvalue weighted by molar-refractivity contribution is -0.917. The molecule has 3 rings (SSSR count). The van der Waals surface area contributed by atoms with Crippen molar-refractivity contribution < 1.29 is 19.2 Å². The zero-order valence-corrected chi connectivity index (χ0v) is 16.5. The van der Waals surface area contributed by atoms with Crippen LogP contribution < -0.4 is 10.2 Å². The number of methoxy groups -OCH3 is 1. The molecular formula is C22H28N3O3+. The molecule has 28 heavy (non-hydrogen) atoms. The van der Waals surface area contributed by atoms with Gasteiger partial charge >= 0.3 is 5.97 Å². The summed E-state index contributed by atoms with van der Waals surface area (Å²) in [5.41, 5.74) is 2.63. The second kappa shape index (κ2) is 9.37. The fourth-order valence-corrected chi connectivity index (χ4v) is 3.51. The average Bonchev–Trinajstić information content (AvgIpc) is 2.74. The van der Waals surface area contributed by atoms with Crippen molar-refractivity contribution >= 4 is 17.6 Å². The number of amides is 1. The minimum atomic E-state index is -0.369. The Bertz CT molecular complexity index is 784. The lowest BCUT2D eigenvalue weighted by Crippen LogP contribution is -3.13. The van der Waals surface area contributed by atoms with Crippen molar-refractivity contribution in [1.82, 2.24) is 4.90 Å². The molecule has 0 aliphatic carbocycles. The summed E-state index contributed by atoms with van der Waals surface area (Å²) in [6, 6.07) is 17.1. The maximum Gasteiger partial charge on any atom is 0.337 e. The Morgan fingerprint density at radius 2 is 1.71 bits per heavy atom. The first-order valence-corrected chi connectivity index (χ1v) is 9.68. The number of nitrogens with zero attached hydrogens (tertiary/aromatic N) is 1. The van der Waals surface area contributed by atoms with Gasteiger partial charge in [0.05, 0.1) is 38.9 Å². The lowest BCUT2D eigenvalue weighted by Gasteiger charge is -2.34. The normalized spacial score (nSPS) is 15.7. The Kier molecular flexibility index (Phi) is 6.66. The summed E-state index contributed by atoms with van der Waals surface area (Å²) >= 11 is 0. The molecule has 1 amide bonds. The van der Waals surface area contributed by atoms with Crippen molar-refractivity contribution in [1.29, 1.82) is 0 Å². The zero-order chi connectivity index (χ0) is 19.9. The molecule has 0 bridgehead atoms. The van der Waals surface area contributed by atoms with Gasteiger partial charge < -0.3 is 19.9 Å². The average molecular weight is 382 g/mol. The van der Waals surface area contributed by atoms with Crippen LogP contribution in [-0.4, -0.2) is 56.1 Å². The van der Waals surface area contributed by atoms with E-state index in [2.05, 4.69) is 29.6 Å². The largest absolute Gasteiger partial charge is 0.465 e. The van der Waals surface area contributed by atoms with Gasteiger partial charge in [0.25, 0.3) is 0 Å². The van der Waals surface area contributed by atoms with Crippen LogP contribution in [0.15, 0.2) is 54.6 Å². The van der Waals surface area contributed by atoms with Crippen molar-refractivity contribution in [2.45, 2.75) is 19.5 Å². The smallest absolute Gasteiger partial charge is 0.337 e. The molecule has 0 radical (unpaired) electrons. The van der Waals surface area contributed by atoms with E-state index in [0.29, 0.717) is 5.56 Å². The molecule has 2 aromatic rings. The lowest BCUT2D eigenvalue weighted by atomic mass is 10.1. The van der Waals surface area contributed by atoms with Gasteiger partial charge in [-0.2, -0.15) is 0 Å². The van der Waals surface area contributed by atoms with E-state index in [9.17, 15) is 9.59 Å². The molecule has 1 saturated heterocycles. The molecule has 0 aromatic heterocycles. The van der Waals surface area contributed by atoms with Crippen molar-refractivity contribution in [3.05, 3.63) is 65.7 Å². The van der Waals surface area contributed by atoms with Gasteiger partial charge in [0.2, 0.25) is 5.91 Å². The fourth-order valence-electron chi connectivity index (χ4n) is 3.51. The number of carbonyl (C=O) groups is 2. The molecule has 6 heteroatoms. The Morgan fingerprint density at radius 1 is 1.07 bits per heavy atom. The van der Waals surface area contributed by atoms with E-state index in [1.807, 2.05) is 17.9 Å². The molecule has 0 spiro atoms. The maximum absolute atomic E-state index is 12.8. The molecule has 2 aromatic carbocycles. The van der Waals surface area contributed by atoms with Crippen LogP contribution in [0.2, 0.25) is 0 Å². The van der Waals surface area contributed by atoms with Crippen LogP contribution in [0.1, 0.15) is 22.8 Å². The standard InChI is InChI=1S/C22H27N3O3/c1-17(23-20-10-8-19(9-11-20)22(27)28-2)21(26)25-14-12-24(13-15-25)16-18-6-4-3-5-7-18/h3-11,17,23H,12-16H2,1-2H3/p+1/t17-/m1/s1. The van der Waals surface area contributed by atoms with E-state index in [-0.39, 0.29) is 17.9 Å². The van der Waals surface area contributed by atoms with Crippen LogP contribution in [0.3, 0.4) is 0 Å². The number of carbonyl (C=O) groups excluding carboxylic acids is 2. The third kappa shape index (κ3) is 5.10. The van der Waals surface area contributed by atoms with Gasteiger partial charge in [-0.05, 0) is 31.2 Å². The van der Waals surface area contributed by atoms with Gasteiger partial charge in [0.15, 0.2) is 0 Å². The Morgan fingerprint density at radius 3 is 2.32 bits per heavy atom. The first kappa shape index (κ1) is 19.9. The molecule has 1 fully saturated rings. The van der Waals surface area contributed by atoms with Gasteiger partial charge in [-0.25, -0.2) is 4.79 Å². The maximum atomic E-state index is 12.8. The monoisotopic (exact) mass is 382 g/mol. The summed E-state index contributed by atoms with van der Waals surface area (Å²) in [6.45, 7) is 6.34. The summed E-state index contributed by atoms with van der Waals surface area (Å²) in [5.74, 6) is -0.262. The van der Waals surface area contributed by atoms with Gasteiger partial charge in [-0.3, -0.25) is 4.79 Å². The predicted octanol–water partition coefficient (Wildman–Crippen LogP) is 1.20. The molecule has 1 aliphatic heterocycles. The van der Waals surface area contributed by atoms with Gasteiger partial charge in [0.1, 0.15) is 12.6 Å². The van der Waals surface area contributed by atoms with Crippen LogP contribution in [-0.2, 0) is 16.1 Å². The molecule has 2 N–H and O–H groups in total. The Hall–Kier alpha value is -2.86. The number of anilines is 1. The van der Waals surface area contributed by atoms with Crippen LogP contribution in [0.5, 0.6) is 0 Å². The number of ether oxygens (including phenoxy) is 1. The van der Waals surface area contributed by atoms with Crippen LogP contribution in [0, 0.1) is 0 Å². The fraction of sp³-hybridized carbons (Fsp3) is 0.364. The number of hydrogen-bond acceptors (Lipinski definition) is 4. The second-order valence-electron chi connectivity index (χ2n) is 7.17. The molecular weight excluding hydrogens is 354 g/mol. The summed E-state index contributed by atoms with van der Waals surface area (Å²) in [6.07, 6.45) is 0. The van der Waals surface area contributed by atoms with Gasteiger partial charge in [0, 0.05) is 11.3 Å². The molecule has 6 nitrogen and oxygen atoms in total. The minimum absolute atomic E-state index is 0.107. The van der Waals surface area contributed by atoms with Crippen molar-refractivity contribution in [3.63, 3.8) is 0 Å². The number of hydrogen-bond donors (Lipinski definition) is 2. The van der Waals surface area contributed by atoms with E-state index in [4.69, 9.17) is 4.74 Å². The first-order valence-electron chi connectivity index (χ1n) is 9.68. The highest BCUT2D eigenvalue weighted by Gasteiger charge is 2.26. The highest BCUT2D eigenvalue weighted by Crippen LogP contribution is 2.12. The highest BCUT2D eigenvalue weighted by atomic mass is 16.5. The van der Waals surface area contributed by atoms with E-state index in [1.54, 1.807) is 24.3 Å². The third-order valence-electron chi connectivity index (χ3n) is 5.14. The second-order valence-corrected chi connectivity index (χ2v) is 7.17. The molecule has 1 atom stereocenters. The minimum Gasteiger partial charge on any atom is -0.465 e. The van der Waals surface area contributed by atoms with Gasteiger partial charge in [-0.15, -0.1) is 0 Å². The molecule has 1 aliphatic rings. The summed E-state index contributed by atoms with van der Waals surface area (Å²) < 4.78 is 4.70. The van der Waals surface area contributed by atoms with E-state index in [0.717, 1.165) is 38.4 Å². The molecule has 0 unspecified atom stereocenters. The number of esters is 1. The summed E-state index contributed by atoms with van der Waals surface area (Å²) in [4.78, 5) is 27.7. The zero-order valence-electron chi connectivity index (χ0n) is 16.5. The first-order chi connectivity index (χ1) is 13.6. The molecule has 0 saturated carbocycles. The van der Waals surface area contributed by atoms with Crippen LogP contribution in [0.4, 0.5) is 5.69 Å². The van der Waals surface area contributed by atoms with E-state index < -0.39 is 0 Å². The number of quaternary nitrogens is 1. The van der Waals surface area contributed by atoms with Crippen LogP contribution >= 0.6 is 0 Å². The SMILES string of the molecule is COC(=O)c1ccc(N[C@H](C)C(=O)N2CC[NH+](Cc3ccccc3)CC2)cc1. The number of piperazine rings is 1.